The Morgan fingerprint density at radius 2 is 1.65 bits per heavy atom. The van der Waals surface area contributed by atoms with Crippen LogP contribution in [0.25, 0.3) is 0 Å². The first-order chi connectivity index (χ1) is 9.49. The van der Waals surface area contributed by atoms with E-state index < -0.39 is 0 Å². The molecule has 7 heteroatoms. The fourth-order valence-corrected chi connectivity index (χ4v) is 2.48. The topological polar surface area (TPSA) is 34.2 Å². The third kappa shape index (κ3) is 3.83. The number of nitrogens with zero attached hydrogens (tertiary/aromatic N) is 1. The zero-order valence-corrected chi connectivity index (χ0v) is 13.4. The van der Waals surface area contributed by atoms with E-state index in [1.165, 1.54) is 0 Å². The van der Waals surface area contributed by atoms with Crippen molar-refractivity contribution in [1.29, 1.82) is 0 Å². The summed E-state index contributed by atoms with van der Waals surface area (Å²) in [6.07, 6.45) is 0. The zero-order chi connectivity index (χ0) is 14.7. The van der Waals surface area contributed by atoms with E-state index in [1.807, 2.05) is 6.92 Å². The molecule has 0 aliphatic heterocycles. The van der Waals surface area contributed by atoms with Crippen molar-refractivity contribution < 1.29 is 4.74 Å². The van der Waals surface area contributed by atoms with Gasteiger partial charge in [0.15, 0.2) is 0 Å². The molecule has 0 bridgehead atoms. The monoisotopic (exact) mass is 350 g/mol. The van der Waals surface area contributed by atoms with Gasteiger partial charge < -0.3 is 10.1 Å². The smallest absolute Gasteiger partial charge is 0.240 e. The molecule has 0 unspecified atom stereocenters. The van der Waals surface area contributed by atoms with Crippen LogP contribution in [0.1, 0.15) is 6.92 Å². The van der Waals surface area contributed by atoms with Crippen LogP contribution in [0.2, 0.25) is 20.1 Å². The summed E-state index contributed by atoms with van der Waals surface area (Å²) in [5.41, 5.74) is 0. The molecule has 2 aromatic rings. The van der Waals surface area contributed by atoms with Gasteiger partial charge in [0.2, 0.25) is 5.88 Å². The number of rotatable bonds is 4. The van der Waals surface area contributed by atoms with Crippen molar-refractivity contribution in [3.8, 4) is 11.6 Å². The molecule has 1 aromatic carbocycles. The van der Waals surface area contributed by atoms with E-state index in [9.17, 15) is 0 Å². The Balaban J connectivity index is 2.34. The van der Waals surface area contributed by atoms with Crippen molar-refractivity contribution in [2.24, 2.45) is 0 Å². The molecule has 20 heavy (non-hydrogen) atoms. The van der Waals surface area contributed by atoms with Gasteiger partial charge in [-0.05, 0) is 31.2 Å². The molecule has 1 heterocycles. The van der Waals surface area contributed by atoms with Crippen LogP contribution >= 0.6 is 46.4 Å². The van der Waals surface area contributed by atoms with Gasteiger partial charge in [0.1, 0.15) is 16.6 Å². The van der Waals surface area contributed by atoms with Crippen LogP contribution in [-0.2, 0) is 0 Å². The molecule has 0 aliphatic carbocycles. The number of benzene rings is 1. The van der Waals surface area contributed by atoms with Gasteiger partial charge in [0, 0.05) is 16.6 Å². The summed E-state index contributed by atoms with van der Waals surface area (Å²) in [7, 11) is 0. The SMILES string of the molecule is CCNc1nc(Oc2cc(Cl)cc(Cl)c2)c(Cl)cc1Cl. The lowest BCUT2D eigenvalue weighted by Gasteiger charge is -2.11. The standard InChI is InChI=1S/C13H10Cl4N2O/c1-2-18-12-10(16)6-11(17)13(19-12)20-9-4-7(14)3-8(15)5-9/h3-6H,2H2,1H3,(H,18,19). The van der Waals surface area contributed by atoms with Gasteiger partial charge in [-0.1, -0.05) is 46.4 Å². The predicted molar refractivity (Wildman–Crippen MR) is 85.0 cm³/mol. The van der Waals surface area contributed by atoms with Gasteiger partial charge in [-0.15, -0.1) is 0 Å². The van der Waals surface area contributed by atoms with Crippen LogP contribution in [0.3, 0.4) is 0 Å². The molecule has 2 rings (SSSR count). The lowest BCUT2D eigenvalue weighted by molar-refractivity contribution is 0.464. The summed E-state index contributed by atoms with van der Waals surface area (Å²) in [4.78, 5) is 4.23. The van der Waals surface area contributed by atoms with Gasteiger partial charge in [-0.3, -0.25) is 0 Å². The first kappa shape index (κ1) is 15.5. The Kier molecular flexibility index (Phi) is 5.22. The van der Waals surface area contributed by atoms with Crippen molar-refractivity contribution in [2.75, 3.05) is 11.9 Å². The van der Waals surface area contributed by atoms with Crippen molar-refractivity contribution in [2.45, 2.75) is 6.92 Å². The number of hydrogen-bond acceptors (Lipinski definition) is 3. The van der Waals surface area contributed by atoms with Crippen LogP contribution in [0, 0.1) is 0 Å². The Labute approximate surface area is 136 Å². The molecule has 0 aliphatic rings. The van der Waals surface area contributed by atoms with Gasteiger partial charge in [-0.25, -0.2) is 0 Å². The maximum absolute atomic E-state index is 6.07. The predicted octanol–water partition coefficient (Wildman–Crippen LogP) is 5.92. The van der Waals surface area contributed by atoms with E-state index in [0.717, 1.165) is 0 Å². The lowest BCUT2D eigenvalue weighted by atomic mass is 10.3. The average Bonchev–Trinajstić information content (AvgIpc) is 2.34. The second kappa shape index (κ2) is 6.72. The molecule has 0 atom stereocenters. The summed E-state index contributed by atoms with van der Waals surface area (Å²) < 4.78 is 5.60. The van der Waals surface area contributed by atoms with Gasteiger partial charge >= 0.3 is 0 Å². The first-order valence-corrected chi connectivity index (χ1v) is 7.24. The molecule has 1 N–H and O–H groups in total. The second-order valence-electron chi connectivity index (χ2n) is 3.84. The third-order valence-electron chi connectivity index (χ3n) is 2.29. The van der Waals surface area contributed by atoms with Crippen molar-refractivity contribution in [3.63, 3.8) is 0 Å². The number of nitrogens with one attached hydrogen (secondary N) is 1. The van der Waals surface area contributed by atoms with Crippen LogP contribution in [0.15, 0.2) is 24.3 Å². The Morgan fingerprint density at radius 3 is 2.25 bits per heavy atom. The summed E-state index contributed by atoms with van der Waals surface area (Å²) in [6, 6.07) is 6.41. The van der Waals surface area contributed by atoms with Crippen molar-refractivity contribution >= 4 is 52.2 Å². The van der Waals surface area contributed by atoms with Crippen molar-refractivity contribution in [3.05, 3.63) is 44.4 Å². The molecular weight excluding hydrogens is 342 g/mol. The van der Waals surface area contributed by atoms with E-state index >= 15 is 0 Å². The number of halogens is 4. The lowest BCUT2D eigenvalue weighted by Crippen LogP contribution is -2.01. The zero-order valence-electron chi connectivity index (χ0n) is 10.4. The molecule has 0 amide bonds. The molecule has 0 spiro atoms. The second-order valence-corrected chi connectivity index (χ2v) is 5.53. The normalized spacial score (nSPS) is 10.4. The van der Waals surface area contributed by atoms with Crippen LogP contribution in [-0.4, -0.2) is 11.5 Å². The summed E-state index contributed by atoms with van der Waals surface area (Å²) in [6.45, 7) is 2.61. The molecule has 0 fully saturated rings. The number of aromatic nitrogens is 1. The van der Waals surface area contributed by atoms with E-state index in [0.29, 0.717) is 38.2 Å². The molecule has 0 saturated carbocycles. The third-order valence-corrected chi connectivity index (χ3v) is 3.29. The quantitative estimate of drug-likeness (QED) is 0.742. The molecular formula is C13H10Cl4N2O. The van der Waals surface area contributed by atoms with E-state index in [4.69, 9.17) is 51.1 Å². The highest BCUT2D eigenvalue weighted by atomic mass is 35.5. The average molecular weight is 352 g/mol. The fraction of sp³-hybridized carbons (Fsp3) is 0.154. The minimum atomic E-state index is 0.227. The molecule has 106 valence electrons. The number of ether oxygens (including phenoxy) is 1. The van der Waals surface area contributed by atoms with E-state index in [1.54, 1.807) is 24.3 Å². The number of anilines is 1. The summed E-state index contributed by atoms with van der Waals surface area (Å²) >= 11 is 23.9. The van der Waals surface area contributed by atoms with Gasteiger partial charge in [0.05, 0.1) is 5.02 Å². The van der Waals surface area contributed by atoms with Crippen molar-refractivity contribution in [1.82, 2.24) is 4.98 Å². The Bertz CT molecular complexity index is 614. The fourth-order valence-electron chi connectivity index (χ4n) is 1.51. The van der Waals surface area contributed by atoms with Crippen LogP contribution in [0.5, 0.6) is 11.6 Å². The van der Waals surface area contributed by atoms with E-state index in [-0.39, 0.29) is 5.88 Å². The summed E-state index contributed by atoms with van der Waals surface area (Å²) in [5, 5.41) is 4.67. The Morgan fingerprint density at radius 1 is 1.00 bits per heavy atom. The van der Waals surface area contributed by atoms with Gasteiger partial charge in [-0.2, -0.15) is 4.98 Å². The molecule has 0 radical (unpaired) electrons. The molecule has 0 saturated heterocycles. The Hall–Kier alpha value is -0.870. The maximum atomic E-state index is 6.07. The number of hydrogen-bond donors (Lipinski definition) is 1. The van der Waals surface area contributed by atoms with Crippen LogP contribution < -0.4 is 10.1 Å². The number of pyridine rings is 1. The first-order valence-electron chi connectivity index (χ1n) is 5.73. The minimum Gasteiger partial charge on any atom is -0.437 e. The van der Waals surface area contributed by atoms with Crippen LogP contribution in [0.4, 0.5) is 5.82 Å². The van der Waals surface area contributed by atoms with Gasteiger partial charge in [0.25, 0.3) is 0 Å². The highest BCUT2D eigenvalue weighted by molar-refractivity contribution is 6.36. The highest BCUT2D eigenvalue weighted by Crippen LogP contribution is 2.35. The minimum absolute atomic E-state index is 0.227. The molecule has 1 aromatic heterocycles. The highest BCUT2D eigenvalue weighted by Gasteiger charge is 2.11. The largest absolute Gasteiger partial charge is 0.437 e. The maximum Gasteiger partial charge on any atom is 0.240 e. The summed E-state index contributed by atoms with van der Waals surface area (Å²) in [5.74, 6) is 1.17. The molecule has 3 nitrogen and oxygen atoms in total. The van der Waals surface area contributed by atoms with E-state index in [2.05, 4.69) is 10.3 Å².